The summed E-state index contributed by atoms with van der Waals surface area (Å²) in [6, 6.07) is 20.5. The smallest absolute Gasteiger partial charge is 0.161 e. The number of nitrogen functional groups attached to an aromatic ring is 1. The van der Waals surface area contributed by atoms with Crippen molar-refractivity contribution in [1.82, 2.24) is 9.97 Å². The maximum absolute atomic E-state index is 5.70. The summed E-state index contributed by atoms with van der Waals surface area (Å²) in [5, 5.41) is 3.45. The molecule has 2 aromatic carbocycles. The lowest BCUT2D eigenvalue weighted by Crippen LogP contribution is -1.92. The lowest BCUT2D eigenvalue weighted by Gasteiger charge is -2.07. The molecule has 4 rings (SSSR count). The molecule has 4 aromatic rings. The van der Waals surface area contributed by atoms with Gasteiger partial charge in [-0.2, -0.15) is 0 Å². The van der Waals surface area contributed by atoms with E-state index >= 15 is 0 Å². The van der Waals surface area contributed by atoms with Crippen molar-refractivity contribution in [3.8, 4) is 11.1 Å². The van der Waals surface area contributed by atoms with Crippen LogP contribution in [0.4, 0.5) is 5.82 Å². The molecule has 21 heavy (non-hydrogen) atoms. The molecule has 0 aliphatic carbocycles. The molecular weight excluding hydrogens is 258 g/mol. The number of hydrogen-bond acceptors (Lipinski definition) is 3. The van der Waals surface area contributed by atoms with Crippen molar-refractivity contribution in [2.45, 2.75) is 0 Å². The fourth-order valence-electron chi connectivity index (χ4n) is 2.65. The maximum atomic E-state index is 5.70. The Balaban J connectivity index is 1.98. The minimum Gasteiger partial charge on any atom is -0.384 e. The highest BCUT2D eigenvalue weighted by molar-refractivity contribution is 5.97. The van der Waals surface area contributed by atoms with E-state index < -0.39 is 0 Å². The number of nitrogens with two attached hydrogens (primary N) is 1. The Bertz CT molecular complexity index is 955. The number of fused-ring (bicyclic) bond motifs is 2. The first-order valence-corrected chi connectivity index (χ1v) is 6.82. The molecule has 0 radical (unpaired) electrons. The average Bonchev–Trinajstić information content (AvgIpc) is 2.54. The summed E-state index contributed by atoms with van der Waals surface area (Å²) in [5.74, 6) is 0.493. The summed E-state index contributed by atoms with van der Waals surface area (Å²) >= 11 is 0. The van der Waals surface area contributed by atoms with Crippen molar-refractivity contribution in [2.24, 2.45) is 0 Å². The molecule has 2 aromatic heterocycles. The molecule has 0 atom stereocenters. The van der Waals surface area contributed by atoms with Crippen LogP contribution in [0, 0.1) is 0 Å². The third-order valence-corrected chi connectivity index (χ3v) is 3.66. The van der Waals surface area contributed by atoms with Gasteiger partial charge in [0.15, 0.2) is 5.65 Å². The van der Waals surface area contributed by atoms with Crippen molar-refractivity contribution in [2.75, 3.05) is 5.73 Å². The van der Waals surface area contributed by atoms with Gasteiger partial charge in [0.25, 0.3) is 0 Å². The van der Waals surface area contributed by atoms with Gasteiger partial charge in [0.05, 0.1) is 0 Å². The molecule has 100 valence electrons. The van der Waals surface area contributed by atoms with Gasteiger partial charge in [0.1, 0.15) is 5.82 Å². The predicted octanol–water partition coefficient (Wildman–Crippen LogP) is 4.03. The fraction of sp³-hybridized carbons (Fsp3) is 0. The zero-order chi connectivity index (χ0) is 14.2. The van der Waals surface area contributed by atoms with Crippen LogP contribution >= 0.6 is 0 Å². The van der Waals surface area contributed by atoms with E-state index in [1.165, 1.54) is 16.3 Å². The Morgan fingerprint density at radius 3 is 2.62 bits per heavy atom. The molecular formula is C18H13N3. The van der Waals surface area contributed by atoms with Crippen LogP contribution in [0.5, 0.6) is 0 Å². The molecule has 2 N–H and O–H groups in total. The number of benzene rings is 2. The summed E-state index contributed by atoms with van der Waals surface area (Å²) in [7, 11) is 0. The Morgan fingerprint density at radius 2 is 1.67 bits per heavy atom. The highest BCUT2D eigenvalue weighted by Gasteiger charge is 2.05. The first-order chi connectivity index (χ1) is 10.3. The molecule has 0 fully saturated rings. The molecule has 0 spiro atoms. The molecule has 0 amide bonds. The number of pyridine rings is 2. The van der Waals surface area contributed by atoms with Crippen LogP contribution in [0.25, 0.3) is 32.9 Å². The van der Waals surface area contributed by atoms with E-state index in [0.717, 1.165) is 10.9 Å². The third kappa shape index (κ3) is 1.99. The standard InChI is InChI=1S/C18H13N3/c19-17-9-8-13-10-14(11-20-18(13)21-17)16-7-3-5-12-4-1-2-6-15(12)16/h1-11H,(H2,19,20,21). The molecule has 0 saturated carbocycles. The van der Waals surface area contributed by atoms with E-state index in [-0.39, 0.29) is 0 Å². The normalized spacial score (nSPS) is 11.0. The van der Waals surface area contributed by atoms with Crippen LogP contribution in [0.3, 0.4) is 0 Å². The van der Waals surface area contributed by atoms with Crippen LogP contribution in [0.2, 0.25) is 0 Å². The van der Waals surface area contributed by atoms with Crippen LogP contribution in [0.1, 0.15) is 0 Å². The van der Waals surface area contributed by atoms with E-state index in [1.54, 1.807) is 6.07 Å². The van der Waals surface area contributed by atoms with Gasteiger partial charge in [-0.1, -0.05) is 42.5 Å². The summed E-state index contributed by atoms with van der Waals surface area (Å²) in [6.45, 7) is 0. The highest BCUT2D eigenvalue weighted by Crippen LogP contribution is 2.29. The van der Waals surface area contributed by atoms with Crippen LogP contribution in [0.15, 0.2) is 66.9 Å². The lowest BCUT2D eigenvalue weighted by atomic mass is 9.99. The molecule has 2 heterocycles. The highest BCUT2D eigenvalue weighted by atomic mass is 14.9. The molecule has 0 aliphatic heterocycles. The van der Waals surface area contributed by atoms with Crippen LogP contribution in [-0.2, 0) is 0 Å². The lowest BCUT2D eigenvalue weighted by molar-refractivity contribution is 1.29. The van der Waals surface area contributed by atoms with E-state index in [9.17, 15) is 0 Å². The number of anilines is 1. The zero-order valence-electron chi connectivity index (χ0n) is 11.3. The molecule has 3 heteroatoms. The van der Waals surface area contributed by atoms with Gasteiger partial charge in [-0.25, -0.2) is 9.97 Å². The van der Waals surface area contributed by atoms with Crippen molar-refractivity contribution in [1.29, 1.82) is 0 Å². The van der Waals surface area contributed by atoms with E-state index in [1.807, 2.05) is 12.3 Å². The van der Waals surface area contributed by atoms with Crippen LogP contribution in [-0.4, -0.2) is 9.97 Å². The van der Waals surface area contributed by atoms with Gasteiger partial charge in [-0.15, -0.1) is 0 Å². The molecule has 0 aliphatic rings. The predicted molar refractivity (Wildman–Crippen MR) is 86.9 cm³/mol. The number of aromatic nitrogens is 2. The van der Waals surface area contributed by atoms with Gasteiger partial charge in [0.2, 0.25) is 0 Å². The van der Waals surface area contributed by atoms with Crippen molar-refractivity contribution in [3.63, 3.8) is 0 Å². The topological polar surface area (TPSA) is 51.8 Å². The van der Waals surface area contributed by atoms with Gasteiger partial charge in [-0.05, 0) is 34.5 Å². The third-order valence-electron chi connectivity index (χ3n) is 3.66. The van der Waals surface area contributed by atoms with E-state index in [2.05, 4.69) is 58.5 Å². The van der Waals surface area contributed by atoms with Gasteiger partial charge >= 0.3 is 0 Å². The summed E-state index contributed by atoms with van der Waals surface area (Å²) in [6.07, 6.45) is 1.86. The minimum absolute atomic E-state index is 0.493. The van der Waals surface area contributed by atoms with Crippen molar-refractivity contribution >= 4 is 27.6 Å². The first-order valence-electron chi connectivity index (χ1n) is 6.82. The van der Waals surface area contributed by atoms with Gasteiger partial charge in [0, 0.05) is 17.1 Å². The van der Waals surface area contributed by atoms with Crippen molar-refractivity contribution in [3.05, 3.63) is 66.9 Å². The largest absolute Gasteiger partial charge is 0.384 e. The monoisotopic (exact) mass is 271 g/mol. The minimum atomic E-state index is 0.493. The zero-order valence-corrected chi connectivity index (χ0v) is 11.3. The summed E-state index contributed by atoms with van der Waals surface area (Å²) in [4.78, 5) is 8.67. The second-order valence-corrected chi connectivity index (χ2v) is 5.03. The van der Waals surface area contributed by atoms with Gasteiger partial charge in [-0.3, -0.25) is 0 Å². The Labute approximate surface area is 122 Å². The Morgan fingerprint density at radius 1 is 0.810 bits per heavy atom. The quantitative estimate of drug-likeness (QED) is 0.568. The maximum Gasteiger partial charge on any atom is 0.161 e. The first kappa shape index (κ1) is 11.9. The van der Waals surface area contributed by atoms with Crippen LogP contribution < -0.4 is 5.73 Å². The van der Waals surface area contributed by atoms with Crippen molar-refractivity contribution < 1.29 is 0 Å². The Hall–Kier alpha value is -2.94. The molecule has 0 bridgehead atoms. The molecule has 0 unspecified atom stereocenters. The summed E-state index contributed by atoms with van der Waals surface area (Å²) in [5.41, 5.74) is 8.64. The number of hydrogen-bond donors (Lipinski definition) is 1. The number of rotatable bonds is 1. The molecule has 0 saturated heterocycles. The molecule has 3 nitrogen and oxygen atoms in total. The fourth-order valence-corrected chi connectivity index (χ4v) is 2.65. The average molecular weight is 271 g/mol. The summed E-state index contributed by atoms with van der Waals surface area (Å²) < 4.78 is 0. The second kappa shape index (κ2) is 4.56. The van der Waals surface area contributed by atoms with Gasteiger partial charge < -0.3 is 5.73 Å². The number of nitrogens with zero attached hydrogens (tertiary/aromatic N) is 2. The van der Waals surface area contributed by atoms with E-state index in [0.29, 0.717) is 11.5 Å². The van der Waals surface area contributed by atoms with E-state index in [4.69, 9.17) is 5.73 Å². The second-order valence-electron chi connectivity index (χ2n) is 5.03. The SMILES string of the molecule is Nc1ccc2cc(-c3cccc4ccccc34)cnc2n1. The Kier molecular flexibility index (Phi) is 2.57.